The molecule has 2 rings (SSSR count). The molecule has 2 N–H and O–H groups in total. The molecule has 1 heterocycles. The number of aliphatic hydroxyl groups is 1. The standard InChI is InChI=1S/C15H19N3O/c1-2-8-18(9-10-19)12-14-11-16-17-15(14)13-6-4-3-5-7-13/h2-7,11,19H,1,8-10,12H2,(H,16,17). The Labute approximate surface area is 113 Å². The molecular formula is C15H19N3O. The van der Waals surface area contributed by atoms with Gasteiger partial charge in [-0.05, 0) is 5.56 Å². The third-order valence-electron chi connectivity index (χ3n) is 2.98. The van der Waals surface area contributed by atoms with Gasteiger partial charge >= 0.3 is 0 Å². The van der Waals surface area contributed by atoms with Crippen molar-refractivity contribution in [2.75, 3.05) is 19.7 Å². The molecule has 1 aromatic carbocycles. The van der Waals surface area contributed by atoms with Gasteiger partial charge in [0.2, 0.25) is 0 Å². The van der Waals surface area contributed by atoms with Crippen LogP contribution in [-0.2, 0) is 6.54 Å². The van der Waals surface area contributed by atoms with E-state index in [4.69, 9.17) is 5.11 Å². The number of hydrogen-bond acceptors (Lipinski definition) is 3. The summed E-state index contributed by atoms with van der Waals surface area (Å²) in [4.78, 5) is 2.13. The summed E-state index contributed by atoms with van der Waals surface area (Å²) in [6.45, 7) is 6.01. The second-order valence-electron chi connectivity index (χ2n) is 4.38. The first kappa shape index (κ1) is 13.5. The molecule has 0 aliphatic heterocycles. The molecule has 4 nitrogen and oxygen atoms in total. The Bertz CT molecular complexity index is 507. The summed E-state index contributed by atoms with van der Waals surface area (Å²) >= 11 is 0. The van der Waals surface area contributed by atoms with Gasteiger partial charge in [0.15, 0.2) is 0 Å². The number of nitrogens with zero attached hydrogens (tertiary/aromatic N) is 2. The third kappa shape index (κ3) is 3.53. The van der Waals surface area contributed by atoms with Crippen molar-refractivity contribution in [3.05, 3.63) is 54.7 Å². The van der Waals surface area contributed by atoms with Crippen molar-refractivity contribution in [3.8, 4) is 11.3 Å². The Morgan fingerprint density at radius 1 is 1.32 bits per heavy atom. The summed E-state index contributed by atoms with van der Waals surface area (Å²) in [6.07, 6.45) is 3.69. The Morgan fingerprint density at radius 2 is 2.11 bits per heavy atom. The number of aromatic amines is 1. The number of benzene rings is 1. The SMILES string of the molecule is C=CCN(CCO)Cc1cn[nH]c1-c1ccccc1. The second-order valence-corrected chi connectivity index (χ2v) is 4.38. The minimum Gasteiger partial charge on any atom is -0.395 e. The Hall–Kier alpha value is -1.91. The molecule has 0 saturated heterocycles. The van der Waals surface area contributed by atoms with Gasteiger partial charge in [-0.2, -0.15) is 5.10 Å². The van der Waals surface area contributed by atoms with Gasteiger partial charge in [-0.1, -0.05) is 36.4 Å². The zero-order valence-electron chi connectivity index (χ0n) is 10.9. The molecule has 0 amide bonds. The molecule has 0 aliphatic carbocycles. The van der Waals surface area contributed by atoms with E-state index in [-0.39, 0.29) is 6.61 Å². The van der Waals surface area contributed by atoms with Crippen LogP contribution < -0.4 is 0 Å². The van der Waals surface area contributed by atoms with Gasteiger partial charge in [-0.25, -0.2) is 0 Å². The fraction of sp³-hybridized carbons (Fsp3) is 0.267. The Kier molecular flexibility index (Phi) is 4.89. The first-order valence-electron chi connectivity index (χ1n) is 6.37. The van der Waals surface area contributed by atoms with E-state index in [1.165, 1.54) is 0 Å². The fourth-order valence-corrected chi connectivity index (χ4v) is 2.09. The van der Waals surface area contributed by atoms with E-state index >= 15 is 0 Å². The summed E-state index contributed by atoms with van der Waals surface area (Å²) in [6, 6.07) is 10.1. The lowest BCUT2D eigenvalue weighted by Gasteiger charge is -2.19. The molecule has 19 heavy (non-hydrogen) atoms. The van der Waals surface area contributed by atoms with Crippen molar-refractivity contribution in [2.45, 2.75) is 6.54 Å². The van der Waals surface area contributed by atoms with E-state index in [1.54, 1.807) is 0 Å². The highest BCUT2D eigenvalue weighted by Crippen LogP contribution is 2.21. The molecule has 0 radical (unpaired) electrons. The van der Waals surface area contributed by atoms with Crippen LogP contribution in [0.2, 0.25) is 0 Å². The van der Waals surface area contributed by atoms with Crippen LogP contribution in [0.3, 0.4) is 0 Å². The third-order valence-corrected chi connectivity index (χ3v) is 2.98. The summed E-state index contributed by atoms with van der Waals surface area (Å²) in [5.74, 6) is 0. The van der Waals surface area contributed by atoms with Gasteiger partial charge in [0.1, 0.15) is 0 Å². The fourth-order valence-electron chi connectivity index (χ4n) is 2.09. The minimum absolute atomic E-state index is 0.145. The molecule has 0 saturated carbocycles. The lowest BCUT2D eigenvalue weighted by Crippen LogP contribution is -2.26. The average Bonchev–Trinajstić information content (AvgIpc) is 2.88. The molecule has 1 aromatic heterocycles. The van der Waals surface area contributed by atoms with Crippen LogP contribution >= 0.6 is 0 Å². The molecule has 0 unspecified atom stereocenters. The second kappa shape index (κ2) is 6.87. The molecule has 0 bridgehead atoms. The molecule has 0 atom stereocenters. The predicted molar refractivity (Wildman–Crippen MR) is 76.6 cm³/mol. The van der Waals surface area contributed by atoms with Crippen molar-refractivity contribution < 1.29 is 5.11 Å². The van der Waals surface area contributed by atoms with Crippen LogP contribution in [0.5, 0.6) is 0 Å². The topological polar surface area (TPSA) is 52.1 Å². The number of aromatic nitrogens is 2. The van der Waals surface area contributed by atoms with Gasteiger partial charge < -0.3 is 5.11 Å². The maximum absolute atomic E-state index is 9.08. The largest absolute Gasteiger partial charge is 0.395 e. The zero-order valence-corrected chi connectivity index (χ0v) is 10.9. The van der Waals surface area contributed by atoms with E-state index in [9.17, 15) is 0 Å². The first-order valence-corrected chi connectivity index (χ1v) is 6.37. The number of aliphatic hydroxyl groups excluding tert-OH is 1. The number of rotatable bonds is 7. The van der Waals surface area contributed by atoms with Gasteiger partial charge in [0, 0.05) is 25.2 Å². The highest BCUT2D eigenvalue weighted by Gasteiger charge is 2.11. The van der Waals surface area contributed by atoms with E-state index in [1.807, 2.05) is 30.5 Å². The van der Waals surface area contributed by atoms with Crippen molar-refractivity contribution in [1.82, 2.24) is 15.1 Å². The summed E-state index contributed by atoms with van der Waals surface area (Å²) in [5.41, 5.74) is 3.28. The summed E-state index contributed by atoms with van der Waals surface area (Å²) < 4.78 is 0. The summed E-state index contributed by atoms with van der Waals surface area (Å²) in [5, 5.41) is 16.3. The normalized spacial score (nSPS) is 10.8. The molecular weight excluding hydrogens is 238 g/mol. The van der Waals surface area contributed by atoms with Crippen LogP contribution in [-0.4, -0.2) is 39.9 Å². The molecule has 100 valence electrons. The lowest BCUT2D eigenvalue weighted by atomic mass is 10.1. The number of H-pyrrole nitrogens is 1. The maximum Gasteiger partial charge on any atom is 0.0695 e. The first-order chi connectivity index (χ1) is 9.35. The molecule has 0 aliphatic rings. The average molecular weight is 257 g/mol. The van der Waals surface area contributed by atoms with Gasteiger partial charge in [0.25, 0.3) is 0 Å². The maximum atomic E-state index is 9.08. The highest BCUT2D eigenvalue weighted by molar-refractivity contribution is 5.62. The highest BCUT2D eigenvalue weighted by atomic mass is 16.3. The van der Waals surface area contributed by atoms with Crippen LogP contribution in [0.25, 0.3) is 11.3 Å². The van der Waals surface area contributed by atoms with Crippen LogP contribution in [0.15, 0.2) is 49.2 Å². The Morgan fingerprint density at radius 3 is 2.79 bits per heavy atom. The van der Waals surface area contributed by atoms with Crippen molar-refractivity contribution >= 4 is 0 Å². The Balaban J connectivity index is 2.17. The van der Waals surface area contributed by atoms with E-state index < -0.39 is 0 Å². The number of hydrogen-bond donors (Lipinski definition) is 2. The van der Waals surface area contributed by atoms with E-state index in [2.05, 4.69) is 33.8 Å². The van der Waals surface area contributed by atoms with Gasteiger partial charge in [-0.15, -0.1) is 6.58 Å². The minimum atomic E-state index is 0.145. The van der Waals surface area contributed by atoms with E-state index in [0.29, 0.717) is 6.54 Å². The molecule has 0 spiro atoms. The molecule has 2 aromatic rings. The van der Waals surface area contributed by atoms with Crippen LogP contribution in [0.4, 0.5) is 0 Å². The van der Waals surface area contributed by atoms with Gasteiger partial charge in [0.05, 0.1) is 18.5 Å². The summed E-state index contributed by atoms with van der Waals surface area (Å²) in [7, 11) is 0. The molecule has 4 heteroatoms. The van der Waals surface area contributed by atoms with Gasteiger partial charge in [-0.3, -0.25) is 10.00 Å². The quantitative estimate of drug-likeness (QED) is 0.746. The molecule has 0 fully saturated rings. The monoisotopic (exact) mass is 257 g/mol. The number of nitrogens with one attached hydrogen (secondary N) is 1. The van der Waals surface area contributed by atoms with Crippen LogP contribution in [0.1, 0.15) is 5.56 Å². The predicted octanol–water partition coefficient (Wildman–Crippen LogP) is 2.06. The zero-order chi connectivity index (χ0) is 13.5. The van der Waals surface area contributed by atoms with E-state index in [0.717, 1.165) is 29.9 Å². The van der Waals surface area contributed by atoms with Crippen LogP contribution in [0, 0.1) is 0 Å². The van der Waals surface area contributed by atoms with Crippen molar-refractivity contribution in [2.24, 2.45) is 0 Å². The van der Waals surface area contributed by atoms with Crippen molar-refractivity contribution in [1.29, 1.82) is 0 Å². The smallest absolute Gasteiger partial charge is 0.0695 e. The van der Waals surface area contributed by atoms with Crippen molar-refractivity contribution in [3.63, 3.8) is 0 Å². The lowest BCUT2D eigenvalue weighted by molar-refractivity contribution is 0.203.